The van der Waals surface area contributed by atoms with Crippen molar-refractivity contribution >= 4 is 48.5 Å². The van der Waals surface area contributed by atoms with Crippen LogP contribution in [0.5, 0.6) is 0 Å². The van der Waals surface area contributed by atoms with Gasteiger partial charge >= 0.3 is 0 Å². The highest BCUT2D eigenvalue weighted by molar-refractivity contribution is 9.10. The van der Waals surface area contributed by atoms with Crippen LogP contribution in [-0.4, -0.2) is 20.6 Å². The van der Waals surface area contributed by atoms with E-state index in [1.165, 1.54) is 16.4 Å². The van der Waals surface area contributed by atoms with Crippen LogP contribution in [-0.2, 0) is 23.0 Å². The number of carbonyl (C=O) groups excluding carboxylic acids is 1. The number of sulfonamides is 1. The van der Waals surface area contributed by atoms with Crippen LogP contribution in [0.4, 0.5) is 10.1 Å². The van der Waals surface area contributed by atoms with E-state index in [-0.39, 0.29) is 30.3 Å². The van der Waals surface area contributed by atoms with Gasteiger partial charge in [0.05, 0.1) is 35.7 Å². The third-order valence-electron chi connectivity index (χ3n) is 6.63. The molecule has 0 spiro atoms. The van der Waals surface area contributed by atoms with E-state index < -0.39 is 15.9 Å². The molecule has 1 amide bonds. The van der Waals surface area contributed by atoms with Crippen LogP contribution in [0.25, 0.3) is 11.0 Å². The van der Waals surface area contributed by atoms with E-state index in [0.29, 0.717) is 38.0 Å². The summed E-state index contributed by atoms with van der Waals surface area (Å²) in [5.74, 6) is -0.596. The number of nitrogens with zero attached hydrogens (tertiary/aromatic N) is 2. The highest BCUT2D eigenvalue weighted by Gasteiger charge is 2.33. The maximum absolute atomic E-state index is 13.4. The van der Waals surface area contributed by atoms with Gasteiger partial charge in [-0.2, -0.15) is 5.26 Å². The number of furan rings is 1. The molecule has 38 heavy (non-hydrogen) atoms. The minimum atomic E-state index is -3.78. The SMILES string of the molecule is CS(=O)(=O)N(Cc1ccc(Br)cc1C#N)c1cc2oc(Cc3ccc(F)cc3)c(C(N)=O)c2cc1C1CC1. The summed E-state index contributed by atoms with van der Waals surface area (Å²) in [6.45, 7) is -0.0495. The largest absolute Gasteiger partial charge is 0.460 e. The number of carbonyl (C=O) groups is 1. The molecule has 1 aromatic heterocycles. The van der Waals surface area contributed by atoms with E-state index in [9.17, 15) is 22.9 Å². The van der Waals surface area contributed by atoms with E-state index in [0.717, 1.165) is 30.2 Å². The maximum Gasteiger partial charge on any atom is 0.252 e. The number of amides is 1. The van der Waals surface area contributed by atoms with Gasteiger partial charge in [-0.15, -0.1) is 0 Å². The lowest BCUT2D eigenvalue weighted by Gasteiger charge is -2.26. The van der Waals surface area contributed by atoms with E-state index in [1.807, 2.05) is 0 Å². The van der Waals surface area contributed by atoms with Gasteiger partial charge < -0.3 is 10.2 Å². The molecule has 0 unspecified atom stereocenters. The lowest BCUT2D eigenvalue weighted by Crippen LogP contribution is -2.30. The Hall–Kier alpha value is -3.68. The number of hydrogen-bond donors (Lipinski definition) is 1. The van der Waals surface area contributed by atoms with Crippen molar-refractivity contribution in [3.63, 3.8) is 0 Å². The second-order valence-electron chi connectivity index (χ2n) is 9.43. The molecule has 3 aromatic carbocycles. The second kappa shape index (κ2) is 9.89. The summed E-state index contributed by atoms with van der Waals surface area (Å²) in [4.78, 5) is 12.5. The third-order valence-corrected chi connectivity index (χ3v) is 8.25. The Morgan fingerprint density at radius 3 is 2.50 bits per heavy atom. The fourth-order valence-corrected chi connectivity index (χ4v) is 5.90. The Morgan fingerprint density at radius 2 is 1.89 bits per heavy atom. The predicted molar refractivity (Wildman–Crippen MR) is 146 cm³/mol. The van der Waals surface area contributed by atoms with Gasteiger partial charge in [0.25, 0.3) is 5.91 Å². The smallest absolute Gasteiger partial charge is 0.252 e. The van der Waals surface area contributed by atoms with Gasteiger partial charge in [-0.05, 0) is 65.8 Å². The van der Waals surface area contributed by atoms with Gasteiger partial charge in [0.2, 0.25) is 10.0 Å². The van der Waals surface area contributed by atoms with Crippen LogP contribution < -0.4 is 10.0 Å². The molecule has 194 valence electrons. The molecular weight excluding hydrogens is 573 g/mol. The molecular formula is C28H23BrFN3O4S. The molecule has 0 aliphatic heterocycles. The van der Waals surface area contributed by atoms with Crippen molar-refractivity contribution in [2.45, 2.75) is 31.7 Å². The Morgan fingerprint density at radius 1 is 1.18 bits per heavy atom. The van der Waals surface area contributed by atoms with Crippen LogP contribution in [0.2, 0.25) is 0 Å². The first kappa shape index (κ1) is 25.9. The van der Waals surface area contributed by atoms with Crippen molar-refractivity contribution < 1.29 is 22.0 Å². The number of primary amides is 1. The molecule has 5 rings (SSSR count). The van der Waals surface area contributed by atoms with Crippen molar-refractivity contribution in [1.29, 1.82) is 5.26 Å². The number of anilines is 1. The van der Waals surface area contributed by atoms with Gasteiger partial charge in [0, 0.05) is 22.3 Å². The Labute approximate surface area is 227 Å². The van der Waals surface area contributed by atoms with Crippen LogP contribution >= 0.6 is 15.9 Å². The zero-order valence-electron chi connectivity index (χ0n) is 20.4. The van der Waals surface area contributed by atoms with E-state index in [1.54, 1.807) is 42.5 Å². The summed E-state index contributed by atoms with van der Waals surface area (Å²) in [5, 5.41) is 10.1. The summed E-state index contributed by atoms with van der Waals surface area (Å²) in [5.41, 5.74) is 9.16. The summed E-state index contributed by atoms with van der Waals surface area (Å²) >= 11 is 3.35. The fourth-order valence-electron chi connectivity index (χ4n) is 4.65. The average molecular weight is 596 g/mol. The number of halogens is 2. The zero-order valence-corrected chi connectivity index (χ0v) is 22.8. The number of hydrogen-bond acceptors (Lipinski definition) is 5. The Bertz CT molecular complexity index is 1720. The lowest BCUT2D eigenvalue weighted by atomic mass is 10.00. The molecule has 1 aliphatic rings. The van der Waals surface area contributed by atoms with E-state index in [4.69, 9.17) is 10.2 Å². The van der Waals surface area contributed by atoms with E-state index >= 15 is 0 Å². The molecule has 1 aliphatic carbocycles. The first-order chi connectivity index (χ1) is 18.0. The third kappa shape index (κ3) is 5.17. The number of fused-ring (bicyclic) bond motifs is 1. The molecule has 0 bridgehead atoms. The monoisotopic (exact) mass is 595 g/mol. The molecule has 0 radical (unpaired) electrons. The Balaban J connectivity index is 1.67. The molecule has 0 saturated heterocycles. The minimum absolute atomic E-state index is 0.0495. The van der Waals surface area contributed by atoms with Gasteiger partial charge in [0.1, 0.15) is 17.2 Å². The van der Waals surface area contributed by atoms with Gasteiger partial charge in [-0.25, -0.2) is 12.8 Å². The summed E-state index contributed by atoms with van der Waals surface area (Å²) in [7, 11) is -3.78. The maximum atomic E-state index is 13.4. The van der Waals surface area contributed by atoms with Crippen LogP contribution in [0.3, 0.4) is 0 Å². The quantitative estimate of drug-likeness (QED) is 0.279. The first-order valence-electron chi connectivity index (χ1n) is 11.8. The molecule has 1 heterocycles. The number of rotatable bonds is 8. The summed E-state index contributed by atoms with van der Waals surface area (Å²) in [6.07, 6.45) is 3.09. The van der Waals surface area contributed by atoms with E-state index in [2.05, 4.69) is 22.0 Å². The van der Waals surface area contributed by atoms with Crippen molar-refractivity contribution in [1.82, 2.24) is 0 Å². The number of nitrogens with two attached hydrogens (primary N) is 1. The molecule has 0 atom stereocenters. The topological polar surface area (TPSA) is 117 Å². The predicted octanol–water partition coefficient (Wildman–Crippen LogP) is 5.74. The van der Waals surface area contributed by atoms with Crippen LogP contribution in [0, 0.1) is 17.1 Å². The van der Waals surface area contributed by atoms with Crippen molar-refractivity contribution in [3.8, 4) is 6.07 Å². The molecule has 1 fully saturated rings. The Kier molecular flexibility index (Phi) is 6.75. The molecule has 2 N–H and O–H groups in total. The van der Waals surface area contributed by atoms with Crippen LogP contribution in [0.1, 0.15) is 57.1 Å². The molecule has 1 saturated carbocycles. The highest BCUT2D eigenvalue weighted by atomic mass is 79.9. The molecule has 7 nitrogen and oxygen atoms in total. The average Bonchev–Trinajstić information content (AvgIpc) is 3.64. The van der Waals surface area contributed by atoms with Crippen molar-refractivity contribution in [2.24, 2.45) is 5.73 Å². The first-order valence-corrected chi connectivity index (χ1v) is 14.5. The molecule has 10 heteroatoms. The van der Waals surface area contributed by atoms with Crippen LogP contribution in [0.15, 0.2) is 63.5 Å². The lowest BCUT2D eigenvalue weighted by molar-refractivity contribution is 0.1000. The number of benzene rings is 3. The standard InChI is InChI=1S/C28H23BrFN3O4S/c1-38(35,36)33(15-18-6-7-20(29)11-19(18)14-31)24-13-25-23(12-22(24)17-4-5-17)27(28(32)34)26(37-25)10-16-2-8-21(30)9-3-16/h2-3,6-9,11-13,17H,4-5,10,15H2,1H3,(H2,32,34). The molecule has 4 aromatic rings. The summed E-state index contributed by atoms with van der Waals surface area (Å²) in [6, 6.07) is 16.5. The zero-order chi connectivity index (χ0) is 27.2. The van der Waals surface area contributed by atoms with Crippen molar-refractivity contribution in [3.05, 3.63) is 98.5 Å². The van der Waals surface area contributed by atoms with Crippen molar-refractivity contribution in [2.75, 3.05) is 10.6 Å². The van der Waals surface area contributed by atoms with Gasteiger partial charge in [-0.1, -0.05) is 34.1 Å². The second-order valence-corrected chi connectivity index (χ2v) is 12.3. The van der Waals surface area contributed by atoms with Gasteiger partial charge in [-0.3, -0.25) is 9.10 Å². The highest BCUT2D eigenvalue weighted by Crippen LogP contribution is 2.47. The van der Waals surface area contributed by atoms with Gasteiger partial charge in [0.15, 0.2) is 0 Å². The number of nitriles is 1. The summed E-state index contributed by atoms with van der Waals surface area (Å²) < 4.78 is 47.6. The minimum Gasteiger partial charge on any atom is -0.460 e. The fraction of sp³-hybridized carbons (Fsp3) is 0.214. The normalized spacial score (nSPS) is 13.4.